The lowest BCUT2D eigenvalue weighted by atomic mass is 10.2. The summed E-state index contributed by atoms with van der Waals surface area (Å²) in [4.78, 5) is 4.30. The van der Waals surface area contributed by atoms with E-state index in [9.17, 15) is 13.2 Å². The van der Waals surface area contributed by atoms with Gasteiger partial charge in [0.1, 0.15) is 11.6 Å². The number of hydrogen-bond donors (Lipinski definition) is 1. The van der Waals surface area contributed by atoms with Crippen molar-refractivity contribution in [3.63, 3.8) is 0 Å². The maximum Gasteiger partial charge on any atom is 0.411 e. The zero-order valence-corrected chi connectivity index (χ0v) is 11.1. The molecule has 1 aromatic rings. The molecule has 2 heterocycles. The zero-order valence-electron chi connectivity index (χ0n) is 9.50. The van der Waals surface area contributed by atoms with Gasteiger partial charge >= 0.3 is 6.18 Å². The second-order valence-corrected chi connectivity index (χ2v) is 5.95. The molecule has 3 nitrogen and oxygen atoms in total. The first-order chi connectivity index (χ1) is 8.54. The number of halogens is 3. The van der Waals surface area contributed by atoms with E-state index in [1.807, 2.05) is 17.1 Å². The van der Waals surface area contributed by atoms with E-state index < -0.39 is 12.8 Å². The predicted octanol–water partition coefficient (Wildman–Crippen LogP) is 2.60. The molecule has 1 atom stereocenters. The maximum atomic E-state index is 11.9. The first-order valence-corrected chi connectivity index (χ1v) is 7.48. The van der Waals surface area contributed by atoms with Crippen molar-refractivity contribution >= 4 is 23.1 Å². The molecule has 0 radical (unpaired) electrons. The number of aromatic nitrogens is 1. The number of nitrogens with zero attached hydrogens (tertiary/aromatic N) is 1. The number of nitrogens with one attached hydrogen (secondary N) is 1. The Labute approximate surface area is 111 Å². The smallest absolute Gasteiger partial charge is 0.365 e. The van der Waals surface area contributed by atoms with Crippen LogP contribution in [0.25, 0.3) is 0 Å². The highest BCUT2D eigenvalue weighted by atomic mass is 32.2. The summed E-state index contributed by atoms with van der Waals surface area (Å²) >= 11 is 3.19. The molecule has 18 heavy (non-hydrogen) atoms. The molecule has 1 N–H and O–H groups in total. The van der Waals surface area contributed by atoms with Crippen LogP contribution in [0.3, 0.4) is 0 Å². The summed E-state index contributed by atoms with van der Waals surface area (Å²) in [6, 6.07) is 0.205. The Morgan fingerprint density at radius 3 is 3.00 bits per heavy atom. The van der Waals surface area contributed by atoms with Crippen molar-refractivity contribution in [3.8, 4) is 0 Å². The summed E-state index contributed by atoms with van der Waals surface area (Å²) < 4.78 is 40.3. The van der Waals surface area contributed by atoms with Gasteiger partial charge in [-0.1, -0.05) is 0 Å². The van der Waals surface area contributed by atoms with Crippen molar-refractivity contribution in [2.45, 2.75) is 18.8 Å². The van der Waals surface area contributed by atoms with E-state index in [2.05, 4.69) is 15.0 Å². The van der Waals surface area contributed by atoms with E-state index >= 15 is 0 Å². The molecule has 1 aliphatic heterocycles. The van der Waals surface area contributed by atoms with Gasteiger partial charge in [-0.05, 0) is 0 Å². The van der Waals surface area contributed by atoms with E-state index in [4.69, 9.17) is 0 Å². The largest absolute Gasteiger partial charge is 0.411 e. The number of thioether (sulfide) groups is 1. The predicted molar refractivity (Wildman–Crippen MR) is 65.9 cm³/mol. The van der Waals surface area contributed by atoms with Crippen LogP contribution in [-0.4, -0.2) is 35.8 Å². The van der Waals surface area contributed by atoms with E-state index in [1.165, 1.54) is 11.3 Å². The molecule has 0 saturated carbocycles. The molecule has 1 unspecified atom stereocenters. The Hall–Kier alpha value is -0.310. The normalized spacial score (nSPS) is 21.2. The lowest BCUT2D eigenvalue weighted by molar-refractivity contribution is -0.176. The van der Waals surface area contributed by atoms with Gasteiger partial charge in [0.25, 0.3) is 0 Å². The average Bonchev–Trinajstić information content (AvgIpc) is 2.77. The number of ether oxygens (including phenoxy) is 1. The Kier molecular flexibility index (Phi) is 4.88. The first kappa shape index (κ1) is 14.1. The van der Waals surface area contributed by atoms with Gasteiger partial charge in [-0.3, -0.25) is 0 Å². The van der Waals surface area contributed by atoms with Crippen LogP contribution < -0.4 is 5.32 Å². The summed E-state index contributed by atoms with van der Waals surface area (Å²) in [5, 5.41) is 5.81. The van der Waals surface area contributed by atoms with E-state index in [-0.39, 0.29) is 12.6 Å². The van der Waals surface area contributed by atoms with E-state index in [1.54, 1.807) is 0 Å². The van der Waals surface area contributed by atoms with Crippen LogP contribution in [0.5, 0.6) is 0 Å². The van der Waals surface area contributed by atoms with Crippen LogP contribution in [0.2, 0.25) is 0 Å². The fourth-order valence-electron chi connectivity index (χ4n) is 1.56. The summed E-state index contributed by atoms with van der Waals surface area (Å²) in [5.74, 6) is 2.04. The first-order valence-electron chi connectivity index (χ1n) is 5.44. The fourth-order valence-corrected chi connectivity index (χ4v) is 3.30. The molecular formula is C10H13F3N2OS2. The number of hydrogen-bond acceptors (Lipinski definition) is 5. The number of thiazole rings is 1. The van der Waals surface area contributed by atoms with Gasteiger partial charge in [0.2, 0.25) is 0 Å². The third kappa shape index (κ3) is 4.42. The Balaban J connectivity index is 1.82. The van der Waals surface area contributed by atoms with Gasteiger partial charge in [0.05, 0.1) is 18.3 Å². The second kappa shape index (κ2) is 6.23. The third-order valence-electron chi connectivity index (χ3n) is 2.34. The summed E-state index contributed by atoms with van der Waals surface area (Å²) in [7, 11) is 0. The monoisotopic (exact) mass is 298 g/mol. The molecule has 0 amide bonds. The van der Waals surface area contributed by atoms with Crippen LogP contribution in [0, 0.1) is 0 Å². The van der Waals surface area contributed by atoms with Gasteiger partial charge in [-0.25, -0.2) is 4.98 Å². The minimum atomic E-state index is -4.28. The van der Waals surface area contributed by atoms with Crippen molar-refractivity contribution in [1.82, 2.24) is 10.3 Å². The van der Waals surface area contributed by atoms with Crippen molar-refractivity contribution in [2.24, 2.45) is 0 Å². The minimum Gasteiger partial charge on any atom is -0.365 e. The summed E-state index contributed by atoms with van der Waals surface area (Å²) in [6.45, 7) is -0.365. The quantitative estimate of drug-likeness (QED) is 0.926. The van der Waals surface area contributed by atoms with Crippen molar-refractivity contribution < 1.29 is 17.9 Å². The highest BCUT2D eigenvalue weighted by Crippen LogP contribution is 2.24. The fraction of sp³-hybridized carbons (Fsp3) is 0.700. The summed E-state index contributed by atoms with van der Waals surface area (Å²) in [6.07, 6.45) is -4.28. The lowest BCUT2D eigenvalue weighted by Gasteiger charge is -2.21. The SMILES string of the molecule is FC(F)(F)COCc1nc(C2CSCCN2)cs1. The van der Waals surface area contributed by atoms with Gasteiger partial charge < -0.3 is 10.1 Å². The van der Waals surface area contributed by atoms with Crippen LogP contribution in [-0.2, 0) is 11.3 Å². The molecule has 102 valence electrons. The highest BCUT2D eigenvalue weighted by Gasteiger charge is 2.27. The maximum absolute atomic E-state index is 11.9. The molecule has 1 saturated heterocycles. The van der Waals surface area contributed by atoms with Gasteiger partial charge in [0.15, 0.2) is 0 Å². The molecule has 8 heteroatoms. The summed E-state index contributed by atoms with van der Waals surface area (Å²) in [5.41, 5.74) is 0.901. The molecule has 0 spiro atoms. The number of rotatable bonds is 4. The topological polar surface area (TPSA) is 34.1 Å². The molecule has 0 bridgehead atoms. The zero-order chi connectivity index (χ0) is 13.0. The molecular weight excluding hydrogens is 285 g/mol. The highest BCUT2D eigenvalue weighted by molar-refractivity contribution is 7.99. The van der Waals surface area contributed by atoms with Crippen molar-refractivity contribution in [1.29, 1.82) is 0 Å². The molecule has 1 fully saturated rings. The van der Waals surface area contributed by atoms with Gasteiger partial charge in [-0.2, -0.15) is 24.9 Å². The Morgan fingerprint density at radius 1 is 1.50 bits per heavy atom. The molecule has 0 aliphatic carbocycles. The number of alkyl halides is 3. The standard InChI is InChI=1S/C10H13F3N2OS2/c11-10(12,13)6-16-3-9-15-8(5-18-9)7-4-17-2-1-14-7/h5,7,14H,1-4,6H2. The third-order valence-corrected chi connectivity index (χ3v) is 4.24. The lowest BCUT2D eigenvalue weighted by Crippen LogP contribution is -2.30. The average molecular weight is 298 g/mol. The molecule has 1 aromatic heterocycles. The van der Waals surface area contributed by atoms with Crippen LogP contribution in [0.1, 0.15) is 16.7 Å². The molecule has 0 aromatic carbocycles. The Morgan fingerprint density at radius 2 is 2.33 bits per heavy atom. The Bertz CT molecular complexity index is 377. The van der Waals surface area contributed by atoms with Gasteiger partial charge in [-0.15, -0.1) is 11.3 Å². The molecule has 2 rings (SSSR count). The van der Waals surface area contributed by atoms with Crippen molar-refractivity contribution in [3.05, 3.63) is 16.1 Å². The van der Waals surface area contributed by atoms with Gasteiger partial charge in [0, 0.05) is 23.4 Å². The van der Waals surface area contributed by atoms with Crippen LogP contribution >= 0.6 is 23.1 Å². The van der Waals surface area contributed by atoms with E-state index in [0.717, 1.165) is 23.7 Å². The van der Waals surface area contributed by atoms with E-state index in [0.29, 0.717) is 5.01 Å². The van der Waals surface area contributed by atoms with Crippen LogP contribution in [0.4, 0.5) is 13.2 Å². The van der Waals surface area contributed by atoms with Crippen molar-refractivity contribution in [2.75, 3.05) is 24.7 Å². The van der Waals surface area contributed by atoms with Crippen LogP contribution in [0.15, 0.2) is 5.38 Å². The molecule has 1 aliphatic rings. The minimum absolute atomic E-state index is 0.0793. The second-order valence-electron chi connectivity index (χ2n) is 3.86.